The molecule has 0 atom stereocenters. The van der Waals surface area contributed by atoms with Crippen LogP contribution < -0.4 is 10.1 Å². The summed E-state index contributed by atoms with van der Waals surface area (Å²) in [6.07, 6.45) is 1.48. The van der Waals surface area contributed by atoms with Crippen LogP contribution in [0.25, 0.3) is 0 Å². The fourth-order valence-electron chi connectivity index (χ4n) is 1.38. The van der Waals surface area contributed by atoms with Gasteiger partial charge in [-0.1, -0.05) is 11.6 Å². The molecule has 1 N–H and O–H groups in total. The Kier molecular flexibility index (Phi) is 4.16. The molecule has 0 aliphatic heterocycles. The highest BCUT2D eigenvalue weighted by Crippen LogP contribution is 2.27. The highest BCUT2D eigenvalue weighted by Gasteiger charge is 2.07. The van der Waals surface area contributed by atoms with Crippen molar-refractivity contribution < 1.29 is 4.74 Å². The van der Waals surface area contributed by atoms with Crippen molar-refractivity contribution in [3.63, 3.8) is 0 Å². The smallest absolute Gasteiger partial charge is 0.243 e. The number of nitrogens with one attached hydrogen (secondary N) is 1. The van der Waals surface area contributed by atoms with Gasteiger partial charge in [-0.25, -0.2) is 4.98 Å². The molecule has 2 aromatic rings. The van der Waals surface area contributed by atoms with Crippen molar-refractivity contribution >= 4 is 17.5 Å². The second kappa shape index (κ2) is 6.03. The van der Waals surface area contributed by atoms with Crippen molar-refractivity contribution in [1.29, 1.82) is 5.26 Å². The zero-order valence-electron chi connectivity index (χ0n) is 10.2. The summed E-state index contributed by atoms with van der Waals surface area (Å²) in [4.78, 5) is 8.18. The van der Waals surface area contributed by atoms with Gasteiger partial charge in [0.1, 0.15) is 10.8 Å². The number of anilines is 1. The number of rotatable bonds is 4. The Balaban J connectivity index is 2.21. The fraction of sp³-hybridized carbons (Fsp3) is 0.154. The molecule has 0 bridgehead atoms. The van der Waals surface area contributed by atoms with E-state index in [1.165, 1.54) is 6.20 Å². The average molecular weight is 275 g/mol. The van der Waals surface area contributed by atoms with Crippen molar-refractivity contribution in [3.8, 4) is 17.7 Å². The minimum atomic E-state index is 0.275. The molecule has 0 aliphatic rings. The molecule has 6 heteroatoms. The molecule has 19 heavy (non-hydrogen) atoms. The van der Waals surface area contributed by atoms with Crippen molar-refractivity contribution in [2.45, 2.75) is 6.92 Å². The summed E-state index contributed by atoms with van der Waals surface area (Å²) in [5.74, 6) is 1.29. The van der Waals surface area contributed by atoms with Crippen LogP contribution in [0.4, 0.5) is 5.95 Å². The molecule has 0 aliphatic carbocycles. The second-order valence-electron chi connectivity index (χ2n) is 3.62. The van der Waals surface area contributed by atoms with E-state index in [1.807, 2.05) is 13.0 Å². The van der Waals surface area contributed by atoms with Crippen LogP contribution in [-0.2, 0) is 0 Å². The molecule has 0 radical (unpaired) electrons. The van der Waals surface area contributed by atoms with Gasteiger partial charge in [0.05, 0.1) is 17.8 Å². The lowest BCUT2D eigenvalue weighted by molar-refractivity contribution is 0.462. The third kappa shape index (κ3) is 3.33. The van der Waals surface area contributed by atoms with E-state index in [4.69, 9.17) is 21.6 Å². The predicted octanol–water partition coefficient (Wildman–Crippen LogP) is 3.23. The minimum absolute atomic E-state index is 0.275. The second-order valence-corrected chi connectivity index (χ2v) is 4.02. The van der Waals surface area contributed by atoms with Gasteiger partial charge < -0.3 is 10.1 Å². The highest BCUT2D eigenvalue weighted by atomic mass is 35.5. The van der Waals surface area contributed by atoms with Gasteiger partial charge in [0.15, 0.2) is 0 Å². The van der Waals surface area contributed by atoms with Gasteiger partial charge >= 0.3 is 0 Å². The monoisotopic (exact) mass is 274 g/mol. The number of nitriles is 1. The van der Waals surface area contributed by atoms with Gasteiger partial charge in [-0.3, -0.25) is 0 Å². The number of aromatic nitrogens is 2. The first-order valence-corrected chi connectivity index (χ1v) is 6.05. The van der Waals surface area contributed by atoms with Crippen molar-refractivity contribution in [2.24, 2.45) is 0 Å². The Bertz CT molecular complexity index is 607. The number of benzene rings is 1. The maximum Gasteiger partial charge on any atom is 0.243 e. The zero-order valence-corrected chi connectivity index (χ0v) is 11.0. The van der Waals surface area contributed by atoms with Crippen LogP contribution in [0.15, 0.2) is 30.5 Å². The molecular formula is C13H11ClN4O. The zero-order chi connectivity index (χ0) is 13.7. The molecule has 0 unspecified atom stereocenters. The van der Waals surface area contributed by atoms with Gasteiger partial charge in [-0.2, -0.15) is 10.2 Å². The minimum Gasteiger partial charge on any atom is -0.437 e. The number of hydrogen-bond donors (Lipinski definition) is 1. The summed E-state index contributed by atoms with van der Waals surface area (Å²) in [6, 6.07) is 8.73. The van der Waals surface area contributed by atoms with E-state index in [1.54, 1.807) is 24.3 Å². The summed E-state index contributed by atoms with van der Waals surface area (Å²) in [6.45, 7) is 2.65. The van der Waals surface area contributed by atoms with Crippen LogP contribution in [-0.4, -0.2) is 16.5 Å². The lowest BCUT2D eigenvalue weighted by Crippen LogP contribution is -2.02. The number of ether oxygens (including phenoxy) is 1. The fourth-order valence-corrected chi connectivity index (χ4v) is 1.51. The molecular weight excluding hydrogens is 264 g/mol. The van der Waals surface area contributed by atoms with Crippen LogP contribution in [0.3, 0.4) is 0 Å². The molecule has 0 spiro atoms. The Morgan fingerprint density at radius 2 is 2.11 bits per heavy atom. The first-order chi connectivity index (χ1) is 9.22. The molecule has 0 saturated carbocycles. The quantitative estimate of drug-likeness (QED) is 0.927. The van der Waals surface area contributed by atoms with Crippen molar-refractivity contribution in [1.82, 2.24) is 9.97 Å². The Morgan fingerprint density at radius 3 is 2.74 bits per heavy atom. The summed E-state index contributed by atoms with van der Waals surface area (Å²) in [5.41, 5.74) is 0.564. The van der Waals surface area contributed by atoms with E-state index >= 15 is 0 Å². The Labute approximate surface area is 115 Å². The van der Waals surface area contributed by atoms with E-state index < -0.39 is 0 Å². The Morgan fingerprint density at radius 1 is 1.37 bits per heavy atom. The molecule has 5 nitrogen and oxygen atoms in total. The topological polar surface area (TPSA) is 70.8 Å². The number of halogens is 1. The first kappa shape index (κ1) is 13.1. The molecule has 2 rings (SSSR count). The lowest BCUT2D eigenvalue weighted by Gasteiger charge is -2.08. The maximum absolute atomic E-state index is 8.72. The summed E-state index contributed by atoms with van der Waals surface area (Å²) >= 11 is 5.97. The standard InChI is InChI=1S/C13H11ClN4O/c1-2-16-13-17-8-11(14)12(18-13)19-10-5-3-9(7-15)4-6-10/h3-6,8H,2H2,1H3,(H,16,17,18). The van der Waals surface area contributed by atoms with Crippen LogP contribution >= 0.6 is 11.6 Å². The summed E-state index contributed by atoms with van der Waals surface area (Å²) in [5, 5.41) is 12.0. The van der Waals surface area contributed by atoms with Crippen LogP contribution in [0.5, 0.6) is 11.6 Å². The molecule has 0 amide bonds. The van der Waals surface area contributed by atoms with Crippen LogP contribution in [0.1, 0.15) is 12.5 Å². The molecule has 96 valence electrons. The third-order valence-electron chi connectivity index (χ3n) is 2.24. The van der Waals surface area contributed by atoms with Gasteiger partial charge in [0.25, 0.3) is 0 Å². The molecule has 1 aromatic heterocycles. The van der Waals surface area contributed by atoms with Crippen molar-refractivity contribution in [3.05, 3.63) is 41.0 Å². The maximum atomic E-state index is 8.72. The third-order valence-corrected chi connectivity index (χ3v) is 2.50. The lowest BCUT2D eigenvalue weighted by atomic mass is 10.2. The SMILES string of the molecule is CCNc1ncc(Cl)c(Oc2ccc(C#N)cc2)n1. The van der Waals surface area contributed by atoms with E-state index in [-0.39, 0.29) is 5.88 Å². The number of nitrogens with zero attached hydrogens (tertiary/aromatic N) is 3. The normalized spacial score (nSPS) is 9.74. The van der Waals surface area contributed by atoms with Gasteiger partial charge in [0, 0.05) is 6.54 Å². The van der Waals surface area contributed by atoms with Crippen LogP contribution in [0.2, 0.25) is 5.02 Å². The van der Waals surface area contributed by atoms with E-state index in [9.17, 15) is 0 Å². The van der Waals surface area contributed by atoms with E-state index in [2.05, 4.69) is 15.3 Å². The van der Waals surface area contributed by atoms with Gasteiger partial charge in [-0.15, -0.1) is 0 Å². The summed E-state index contributed by atoms with van der Waals surface area (Å²) in [7, 11) is 0. The molecule has 0 fully saturated rings. The largest absolute Gasteiger partial charge is 0.437 e. The molecule has 1 heterocycles. The molecule has 0 saturated heterocycles. The predicted molar refractivity (Wildman–Crippen MR) is 72.4 cm³/mol. The van der Waals surface area contributed by atoms with Crippen molar-refractivity contribution in [2.75, 3.05) is 11.9 Å². The average Bonchev–Trinajstić information content (AvgIpc) is 2.44. The van der Waals surface area contributed by atoms with Crippen LogP contribution in [0, 0.1) is 11.3 Å². The van der Waals surface area contributed by atoms with Gasteiger partial charge in [-0.05, 0) is 31.2 Å². The first-order valence-electron chi connectivity index (χ1n) is 5.67. The highest BCUT2D eigenvalue weighted by molar-refractivity contribution is 6.31. The number of hydrogen-bond acceptors (Lipinski definition) is 5. The molecule has 1 aromatic carbocycles. The summed E-state index contributed by atoms with van der Waals surface area (Å²) < 4.78 is 5.56. The van der Waals surface area contributed by atoms with Gasteiger partial charge in [0.2, 0.25) is 11.8 Å². The van der Waals surface area contributed by atoms with E-state index in [0.717, 1.165) is 0 Å². The van der Waals surface area contributed by atoms with E-state index in [0.29, 0.717) is 28.8 Å². The Hall–Kier alpha value is -2.32.